The first-order valence-corrected chi connectivity index (χ1v) is 12.0. The molecule has 2 rings (SSSR count). The molecule has 1 aromatic heterocycles. The van der Waals surface area contributed by atoms with Gasteiger partial charge in [-0.25, -0.2) is 9.59 Å². The highest BCUT2D eigenvalue weighted by atomic mass is 35.5. The number of nitrogens with one attached hydrogen (secondary N) is 1. The Hall–Kier alpha value is -2.29. The van der Waals surface area contributed by atoms with Gasteiger partial charge < -0.3 is 19.5 Å². The number of halogens is 2. The molecular weight excluding hydrogens is 489 g/mol. The number of thiophene rings is 1. The second-order valence-electron chi connectivity index (χ2n) is 7.74. The number of benzene rings is 1. The van der Waals surface area contributed by atoms with E-state index in [1.54, 1.807) is 52.8 Å². The lowest BCUT2D eigenvalue weighted by atomic mass is 10.1. The lowest BCUT2D eigenvalue weighted by molar-refractivity contribution is -0.116. The van der Waals surface area contributed by atoms with Crippen molar-refractivity contribution in [3.8, 4) is 5.75 Å². The molecule has 180 valence electrons. The molecule has 33 heavy (non-hydrogen) atoms. The van der Waals surface area contributed by atoms with Gasteiger partial charge in [-0.3, -0.25) is 4.79 Å². The van der Waals surface area contributed by atoms with Crippen LogP contribution in [0.3, 0.4) is 0 Å². The minimum absolute atomic E-state index is 0.132. The quantitative estimate of drug-likeness (QED) is 0.295. The van der Waals surface area contributed by atoms with Gasteiger partial charge in [-0.05, 0) is 64.8 Å². The first-order valence-electron chi connectivity index (χ1n) is 10.4. The van der Waals surface area contributed by atoms with E-state index in [-0.39, 0.29) is 46.6 Å². The monoisotopic (exact) mass is 515 g/mol. The van der Waals surface area contributed by atoms with Crippen LogP contribution in [0.4, 0.5) is 5.00 Å². The summed E-state index contributed by atoms with van der Waals surface area (Å²) in [6, 6.07) is 4.89. The predicted molar refractivity (Wildman–Crippen MR) is 130 cm³/mol. The van der Waals surface area contributed by atoms with Crippen LogP contribution in [-0.4, -0.2) is 36.7 Å². The third-order valence-corrected chi connectivity index (χ3v) is 5.89. The molecule has 10 heteroatoms. The number of rotatable bonds is 10. The Labute approximate surface area is 207 Å². The van der Waals surface area contributed by atoms with Crippen molar-refractivity contribution in [2.75, 3.05) is 11.9 Å². The normalized spacial score (nSPS) is 10.9. The Morgan fingerprint density at radius 1 is 1.03 bits per heavy atom. The van der Waals surface area contributed by atoms with Crippen LogP contribution < -0.4 is 10.1 Å². The third kappa shape index (κ3) is 7.91. The molecule has 0 saturated heterocycles. The fourth-order valence-corrected chi connectivity index (χ4v) is 4.34. The smallest absolute Gasteiger partial charge is 0.348 e. The van der Waals surface area contributed by atoms with Gasteiger partial charge in [-0.2, -0.15) is 0 Å². The van der Waals surface area contributed by atoms with Crippen molar-refractivity contribution in [2.45, 2.75) is 59.7 Å². The summed E-state index contributed by atoms with van der Waals surface area (Å²) >= 11 is 12.9. The van der Waals surface area contributed by atoms with Gasteiger partial charge in [0.2, 0.25) is 5.91 Å². The van der Waals surface area contributed by atoms with Crippen LogP contribution in [0, 0.1) is 6.92 Å². The summed E-state index contributed by atoms with van der Waals surface area (Å²) in [7, 11) is 0. The van der Waals surface area contributed by atoms with E-state index in [4.69, 9.17) is 37.4 Å². The SMILES string of the molecule is Cc1c(C(=O)OC(C)C)sc(NC(=O)CCCOc2ccc(Cl)cc2Cl)c1C(=O)OC(C)C. The van der Waals surface area contributed by atoms with Gasteiger partial charge in [-0.15, -0.1) is 11.3 Å². The van der Waals surface area contributed by atoms with Gasteiger partial charge >= 0.3 is 11.9 Å². The molecule has 0 fully saturated rings. The van der Waals surface area contributed by atoms with Crippen LogP contribution in [0.2, 0.25) is 10.0 Å². The van der Waals surface area contributed by atoms with E-state index in [2.05, 4.69) is 5.32 Å². The topological polar surface area (TPSA) is 90.9 Å². The molecule has 0 saturated carbocycles. The second-order valence-corrected chi connectivity index (χ2v) is 9.61. The number of carbonyl (C=O) groups is 3. The first kappa shape index (κ1) is 27.0. The number of amides is 1. The van der Waals surface area contributed by atoms with Crippen LogP contribution >= 0.6 is 34.5 Å². The number of ether oxygens (including phenoxy) is 3. The van der Waals surface area contributed by atoms with Gasteiger partial charge in [0.25, 0.3) is 0 Å². The summed E-state index contributed by atoms with van der Waals surface area (Å²) in [6.07, 6.45) is -0.143. The molecular formula is C23H27Cl2NO6S. The minimum atomic E-state index is -0.613. The maximum Gasteiger partial charge on any atom is 0.348 e. The molecule has 0 bridgehead atoms. The van der Waals surface area contributed by atoms with Gasteiger partial charge in [-0.1, -0.05) is 23.2 Å². The lowest BCUT2D eigenvalue weighted by Gasteiger charge is -2.11. The average molecular weight is 516 g/mol. The van der Waals surface area contributed by atoms with Crippen molar-refractivity contribution in [3.63, 3.8) is 0 Å². The van der Waals surface area contributed by atoms with Crippen molar-refractivity contribution in [1.29, 1.82) is 0 Å². The van der Waals surface area contributed by atoms with Crippen LogP contribution in [0.15, 0.2) is 18.2 Å². The number of hydrogen-bond acceptors (Lipinski definition) is 7. The maximum absolute atomic E-state index is 12.6. The van der Waals surface area contributed by atoms with Crippen LogP contribution in [0.1, 0.15) is 66.1 Å². The molecule has 0 aliphatic carbocycles. The number of carbonyl (C=O) groups excluding carboxylic acids is 3. The van der Waals surface area contributed by atoms with E-state index in [1.807, 2.05) is 0 Å². The summed E-state index contributed by atoms with van der Waals surface area (Å²) < 4.78 is 16.2. The van der Waals surface area contributed by atoms with Gasteiger partial charge in [0.05, 0.1) is 29.4 Å². The first-order chi connectivity index (χ1) is 15.5. The molecule has 0 atom stereocenters. The molecule has 1 aromatic carbocycles. The van der Waals surface area contributed by atoms with Crippen molar-refractivity contribution >= 4 is 57.4 Å². The number of esters is 2. The standard InChI is InChI=1S/C23H27Cl2NO6S/c1-12(2)31-22(28)19-14(5)20(23(29)32-13(3)4)33-21(19)26-18(27)7-6-10-30-17-9-8-15(24)11-16(17)25/h8-9,11-13H,6-7,10H2,1-5H3,(H,26,27). The highest BCUT2D eigenvalue weighted by Gasteiger charge is 2.28. The summed E-state index contributed by atoms with van der Waals surface area (Å²) in [4.78, 5) is 37.9. The molecule has 7 nitrogen and oxygen atoms in total. The Kier molecular flexibility index (Phi) is 10.0. The third-order valence-electron chi connectivity index (χ3n) is 4.17. The molecule has 1 N–H and O–H groups in total. The highest BCUT2D eigenvalue weighted by Crippen LogP contribution is 2.35. The van der Waals surface area contributed by atoms with E-state index in [1.165, 1.54) is 0 Å². The molecule has 0 spiro atoms. The van der Waals surface area contributed by atoms with E-state index in [0.29, 0.717) is 27.8 Å². The van der Waals surface area contributed by atoms with Crippen LogP contribution in [0.25, 0.3) is 0 Å². The van der Waals surface area contributed by atoms with Crippen molar-refractivity contribution in [2.24, 2.45) is 0 Å². The molecule has 2 aromatic rings. The Morgan fingerprint density at radius 2 is 1.67 bits per heavy atom. The molecule has 0 radical (unpaired) electrons. The zero-order valence-electron chi connectivity index (χ0n) is 19.1. The van der Waals surface area contributed by atoms with Crippen molar-refractivity contribution in [1.82, 2.24) is 0 Å². The lowest BCUT2D eigenvalue weighted by Crippen LogP contribution is -2.17. The van der Waals surface area contributed by atoms with E-state index in [9.17, 15) is 14.4 Å². The fraction of sp³-hybridized carbons (Fsp3) is 0.435. The maximum atomic E-state index is 12.6. The van der Waals surface area contributed by atoms with Crippen molar-refractivity contribution in [3.05, 3.63) is 44.2 Å². The minimum Gasteiger partial charge on any atom is -0.492 e. The second kappa shape index (κ2) is 12.3. The number of hydrogen-bond donors (Lipinski definition) is 1. The number of anilines is 1. The Bertz CT molecular complexity index is 1020. The van der Waals surface area contributed by atoms with Gasteiger partial charge in [0.15, 0.2) is 0 Å². The summed E-state index contributed by atoms with van der Waals surface area (Å²) in [5.74, 6) is -1.02. The summed E-state index contributed by atoms with van der Waals surface area (Å²) in [5.41, 5.74) is 0.564. The zero-order valence-corrected chi connectivity index (χ0v) is 21.5. The fourth-order valence-electron chi connectivity index (χ4n) is 2.78. The molecule has 0 aliphatic rings. The average Bonchev–Trinajstić information content (AvgIpc) is 3.01. The van der Waals surface area contributed by atoms with E-state index >= 15 is 0 Å². The molecule has 0 aliphatic heterocycles. The Balaban J connectivity index is 2.07. The van der Waals surface area contributed by atoms with E-state index < -0.39 is 11.9 Å². The largest absolute Gasteiger partial charge is 0.492 e. The van der Waals surface area contributed by atoms with Crippen LogP contribution in [-0.2, 0) is 14.3 Å². The molecule has 0 unspecified atom stereocenters. The highest BCUT2D eigenvalue weighted by molar-refractivity contribution is 7.18. The van der Waals surface area contributed by atoms with Crippen LogP contribution in [0.5, 0.6) is 5.75 Å². The zero-order chi connectivity index (χ0) is 24.7. The molecule has 1 heterocycles. The van der Waals surface area contributed by atoms with Crippen molar-refractivity contribution < 1.29 is 28.6 Å². The summed E-state index contributed by atoms with van der Waals surface area (Å²) in [5, 5.41) is 3.86. The predicted octanol–water partition coefficient (Wildman–Crippen LogP) is 6.29. The van der Waals surface area contributed by atoms with E-state index in [0.717, 1.165) is 11.3 Å². The molecule has 1 amide bonds. The summed E-state index contributed by atoms with van der Waals surface area (Å²) in [6.45, 7) is 8.79. The Morgan fingerprint density at radius 3 is 2.27 bits per heavy atom. The van der Waals surface area contributed by atoms with Gasteiger partial charge in [0.1, 0.15) is 15.6 Å². The van der Waals surface area contributed by atoms with Gasteiger partial charge in [0, 0.05) is 11.4 Å².